The summed E-state index contributed by atoms with van der Waals surface area (Å²) < 4.78 is 0. The van der Waals surface area contributed by atoms with Crippen molar-refractivity contribution in [2.45, 2.75) is 12.8 Å². The summed E-state index contributed by atoms with van der Waals surface area (Å²) in [5.74, 6) is -0.214. The molecule has 0 unspecified atom stereocenters. The van der Waals surface area contributed by atoms with Gasteiger partial charge in [0.05, 0.1) is 10.6 Å². The molecule has 0 fully saturated rings. The van der Waals surface area contributed by atoms with Crippen LogP contribution in [0.4, 0.5) is 0 Å². The summed E-state index contributed by atoms with van der Waals surface area (Å²) in [7, 11) is 4.05. The van der Waals surface area contributed by atoms with Crippen LogP contribution in [0.5, 0.6) is 0 Å². The summed E-state index contributed by atoms with van der Waals surface area (Å²) in [6.07, 6.45) is 3.35. The summed E-state index contributed by atoms with van der Waals surface area (Å²) in [5, 5.41) is 3.38. The first-order chi connectivity index (χ1) is 8.50. The molecule has 1 heterocycles. The van der Waals surface area contributed by atoms with E-state index in [2.05, 4.69) is 15.2 Å². The van der Waals surface area contributed by atoms with Crippen LogP contribution in [0.2, 0.25) is 10.2 Å². The normalized spacial score (nSPS) is 10.7. The fraction of sp³-hybridized carbons (Fsp3) is 0.500. The van der Waals surface area contributed by atoms with Gasteiger partial charge in [0.15, 0.2) is 0 Å². The molecule has 1 amide bonds. The Kier molecular flexibility index (Phi) is 6.39. The highest BCUT2D eigenvalue weighted by Gasteiger charge is 2.10. The van der Waals surface area contributed by atoms with E-state index in [1.807, 2.05) is 14.1 Å². The number of rotatable bonds is 6. The predicted molar refractivity (Wildman–Crippen MR) is 74.4 cm³/mol. The van der Waals surface area contributed by atoms with Gasteiger partial charge in [-0.1, -0.05) is 23.2 Å². The molecule has 0 aliphatic heterocycles. The van der Waals surface area contributed by atoms with Gasteiger partial charge in [0.1, 0.15) is 5.15 Å². The maximum absolute atomic E-state index is 11.8. The largest absolute Gasteiger partial charge is 0.352 e. The lowest BCUT2D eigenvalue weighted by Gasteiger charge is -2.10. The van der Waals surface area contributed by atoms with Gasteiger partial charge in [0.25, 0.3) is 5.91 Å². The lowest BCUT2D eigenvalue weighted by molar-refractivity contribution is 0.0953. The third-order valence-corrected chi connectivity index (χ3v) is 2.89. The van der Waals surface area contributed by atoms with Crippen LogP contribution in [0.3, 0.4) is 0 Å². The van der Waals surface area contributed by atoms with Gasteiger partial charge in [-0.15, -0.1) is 0 Å². The molecule has 1 rings (SSSR count). The Labute approximate surface area is 117 Å². The molecule has 0 radical (unpaired) electrons. The number of aromatic nitrogens is 1. The van der Waals surface area contributed by atoms with Crippen LogP contribution in [-0.4, -0.2) is 43.0 Å². The van der Waals surface area contributed by atoms with Crippen LogP contribution in [0.15, 0.2) is 12.3 Å². The molecule has 0 bridgehead atoms. The number of carbonyl (C=O) groups is 1. The van der Waals surface area contributed by atoms with Crippen molar-refractivity contribution in [2.24, 2.45) is 0 Å². The molecule has 0 atom stereocenters. The Balaban J connectivity index is 2.39. The second-order valence-corrected chi connectivity index (χ2v) is 5.05. The molecule has 18 heavy (non-hydrogen) atoms. The lowest BCUT2D eigenvalue weighted by Crippen LogP contribution is -2.25. The summed E-state index contributed by atoms with van der Waals surface area (Å²) in [5.41, 5.74) is 0.365. The second kappa shape index (κ2) is 7.56. The molecule has 0 saturated heterocycles. The number of hydrogen-bond acceptors (Lipinski definition) is 3. The minimum absolute atomic E-state index is 0.214. The third-order valence-electron chi connectivity index (χ3n) is 2.38. The minimum atomic E-state index is -0.214. The highest BCUT2D eigenvalue weighted by molar-refractivity contribution is 6.35. The van der Waals surface area contributed by atoms with Crippen molar-refractivity contribution in [3.8, 4) is 0 Å². The summed E-state index contributed by atoms with van der Waals surface area (Å²) in [6.45, 7) is 1.64. The molecule has 0 saturated carbocycles. The molecule has 1 N–H and O–H groups in total. The molecule has 1 aromatic rings. The third kappa shape index (κ3) is 5.21. The Bertz CT molecular complexity index is 410. The molecule has 6 heteroatoms. The van der Waals surface area contributed by atoms with Gasteiger partial charge in [0.2, 0.25) is 0 Å². The zero-order chi connectivity index (χ0) is 13.5. The highest BCUT2D eigenvalue weighted by Crippen LogP contribution is 2.17. The van der Waals surface area contributed by atoms with E-state index in [1.165, 1.54) is 12.3 Å². The monoisotopic (exact) mass is 289 g/mol. The maximum Gasteiger partial charge on any atom is 0.252 e. The SMILES string of the molecule is CN(C)CCCCNC(=O)c1cc(Cl)ncc1Cl. The van der Waals surface area contributed by atoms with E-state index in [-0.39, 0.29) is 11.1 Å². The molecule has 0 aliphatic rings. The van der Waals surface area contributed by atoms with Gasteiger partial charge in [-0.25, -0.2) is 4.98 Å². The van der Waals surface area contributed by atoms with Crippen molar-refractivity contribution in [1.29, 1.82) is 0 Å². The number of nitrogens with zero attached hydrogens (tertiary/aromatic N) is 2. The minimum Gasteiger partial charge on any atom is -0.352 e. The lowest BCUT2D eigenvalue weighted by atomic mass is 10.2. The Hall–Kier alpha value is -0.840. The second-order valence-electron chi connectivity index (χ2n) is 4.25. The van der Waals surface area contributed by atoms with Crippen molar-refractivity contribution in [3.63, 3.8) is 0 Å². The Morgan fingerprint density at radius 1 is 1.39 bits per heavy atom. The first-order valence-electron chi connectivity index (χ1n) is 5.74. The van der Waals surface area contributed by atoms with E-state index < -0.39 is 0 Å². The summed E-state index contributed by atoms with van der Waals surface area (Å²) >= 11 is 11.6. The van der Waals surface area contributed by atoms with Gasteiger partial charge in [0, 0.05) is 12.7 Å². The number of pyridine rings is 1. The Morgan fingerprint density at radius 2 is 2.11 bits per heavy atom. The van der Waals surface area contributed by atoms with Gasteiger partial charge in [-0.2, -0.15) is 0 Å². The van der Waals surface area contributed by atoms with Gasteiger partial charge < -0.3 is 10.2 Å². The zero-order valence-corrected chi connectivity index (χ0v) is 12.1. The van der Waals surface area contributed by atoms with Crippen LogP contribution < -0.4 is 5.32 Å². The van der Waals surface area contributed by atoms with Crippen molar-refractivity contribution in [1.82, 2.24) is 15.2 Å². The average molecular weight is 290 g/mol. The smallest absolute Gasteiger partial charge is 0.252 e. The van der Waals surface area contributed by atoms with Crippen molar-refractivity contribution in [2.75, 3.05) is 27.2 Å². The van der Waals surface area contributed by atoms with E-state index in [9.17, 15) is 4.79 Å². The van der Waals surface area contributed by atoms with Crippen molar-refractivity contribution < 1.29 is 4.79 Å². The highest BCUT2D eigenvalue weighted by atomic mass is 35.5. The number of amides is 1. The average Bonchev–Trinajstić information content (AvgIpc) is 2.31. The van der Waals surface area contributed by atoms with Gasteiger partial charge >= 0.3 is 0 Å². The van der Waals surface area contributed by atoms with E-state index in [0.29, 0.717) is 17.1 Å². The van der Waals surface area contributed by atoms with E-state index in [0.717, 1.165) is 19.4 Å². The zero-order valence-electron chi connectivity index (χ0n) is 10.5. The van der Waals surface area contributed by atoms with E-state index in [1.54, 1.807) is 0 Å². The quantitative estimate of drug-likeness (QED) is 0.646. The summed E-state index contributed by atoms with van der Waals surface area (Å²) in [6, 6.07) is 1.47. The van der Waals surface area contributed by atoms with Crippen molar-refractivity contribution >= 4 is 29.1 Å². The first-order valence-corrected chi connectivity index (χ1v) is 6.50. The maximum atomic E-state index is 11.8. The molecule has 4 nitrogen and oxygen atoms in total. The molecule has 1 aromatic heterocycles. The van der Waals surface area contributed by atoms with E-state index in [4.69, 9.17) is 23.2 Å². The Morgan fingerprint density at radius 3 is 2.78 bits per heavy atom. The summed E-state index contributed by atoms with van der Waals surface area (Å²) in [4.78, 5) is 17.7. The van der Waals surface area contributed by atoms with Gasteiger partial charge in [-0.3, -0.25) is 4.79 Å². The predicted octanol–water partition coefficient (Wildman–Crippen LogP) is 2.46. The van der Waals surface area contributed by atoms with Crippen molar-refractivity contribution in [3.05, 3.63) is 28.0 Å². The molecule has 0 aliphatic carbocycles. The molecule has 0 spiro atoms. The van der Waals surface area contributed by atoms with Crippen LogP contribution in [0, 0.1) is 0 Å². The number of unbranched alkanes of at least 4 members (excludes halogenated alkanes) is 1. The number of hydrogen-bond donors (Lipinski definition) is 1. The van der Waals surface area contributed by atoms with Crippen LogP contribution in [0.25, 0.3) is 0 Å². The fourth-order valence-corrected chi connectivity index (χ4v) is 1.78. The van der Waals surface area contributed by atoms with Crippen LogP contribution >= 0.6 is 23.2 Å². The molecule has 100 valence electrons. The van der Waals surface area contributed by atoms with E-state index >= 15 is 0 Å². The molecular formula is C12H17Cl2N3O. The van der Waals surface area contributed by atoms with Gasteiger partial charge in [-0.05, 0) is 39.5 Å². The molecule has 0 aromatic carbocycles. The molecular weight excluding hydrogens is 273 g/mol. The topological polar surface area (TPSA) is 45.2 Å². The first kappa shape index (κ1) is 15.2. The number of nitrogens with one attached hydrogen (secondary N) is 1. The van der Waals surface area contributed by atoms with Crippen LogP contribution in [0.1, 0.15) is 23.2 Å². The number of carbonyl (C=O) groups excluding carboxylic acids is 1. The fourth-order valence-electron chi connectivity index (χ4n) is 1.44. The standard InChI is InChI=1S/C12H17Cl2N3O/c1-17(2)6-4-3-5-15-12(18)9-7-11(14)16-8-10(9)13/h7-8H,3-6H2,1-2H3,(H,15,18). The van der Waals surface area contributed by atoms with Crippen LogP contribution in [-0.2, 0) is 0 Å². The number of halogens is 2.